The molecule has 0 spiro atoms. The van der Waals surface area contributed by atoms with Crippen LogP contribution in [0.1, 0.15) is 19.4 Å². The molecule has 0 aliphatic rings. The summed E-state index contributed by atoms with van der Waals surface area (Å²) in [6.45, 7) is 5.60. The molecular formula is C11H11Br5O. The first-order valence-corrected chi connectivity index (χ1v) is 8.90. The average Bonchev–Trinajstić information content (AvgIpc) is 2.28. The van der Waals surface area contributed by atoms with E-state index in [1.165, 1.54) is 0 Å². The molecule has 0 aliphatic carbocycles. The van der Waals surface area contributed by atoms with Crippen LogP contribution in [0.15, 0.2) is 22.4 Å². The zero-order chi connectivity index (χ0) is 13.2. The largest absolute Gasteiger partial charge is 0.376 e. The van der Waals surface area contributed by atoms with E-state index in [0.29, 0.717) is 12.5 Å². The van der Waals surface area contributed by atoms with Gasteiger partial charge in [-0.15, -0.1) is 0 Å². The minimum absolute atomic E-state index is 0.537. The highest BCUT2D eigenvalue weighted by Crippen LogP contribution is 2.44. The van der Waals surface area contributed by atoms with Gasteiger partial charge in [-0.3, -0.25) is 0 Å². The number of benzene rings is 1. The minimum Gasteiger partial charge on any atom is -0.376 e. The molecule has 0 N–H and O–H groups in total. The van der Waals surface area contributed by atoms with Crippen molar-refractivity contribution in [2.45, 2.75) is 20.5 Å². The van der Waals surface area contributed by atoms with E-state index in [1.54, 1.807) is 0 Å². The van der Waals surface area contributed by atoms with Gasteiger partial charge in [0.05, 0.1) is 6.61 Å². The summed E-state index contributed by atoms with van der Waals surface area (Å²) in [7, 11) is 0. The van der Waals surface area contributed by atoms with E-state index < -0.39 is 0 Å². The van der Waals surface area contributed by atoms with E-state index in [0.717, 1.165) is 34.5 Å². The Balaban J connectivity index is 2.99. The maximum absolute atomic E-state index is 5.68. The molecule has 0 aromatic heterocycles. The highest BCUT2D eigenvalue weighted by Gasteiger charge is 2.17. The van der Waals surface area contributed by atoms with Crippen molar-refractivity contribution >= 4 is 79.6 Å². The minimum atomic E-state index is 0.537. The Morgan fingerprint density at radius 1 is 0.824 bits per heavy atom. The molecular weight excluding hydrogens is 548 g/mol. The van der Waals surface area contributed by atoms with Gasteiger partial charge in [-0.25, -0.2) is 0 Å². The molecule has 0 saturated heterocycles. The monoisotopic (exact) mass is 554 g/mol. The van der Waals surface area contributed by atoms with Crippen LogP contribution in [-0.4, -0.2) is 6.61 Å². The second-order valence-electron chi connectivity index (χ2n) is 3.96. The van der Waals surface area contributed by atoms with Gasteiger partial charge >= 0.3 is 0 Å². The van der Waals surface area contributed by atoms with Gasteiger partial charge in [0, 0.05) is 34.5 Å². The first kappa shape index (κ1) is 16.6. The van der Waals surface area contributed by atoms with Crippen LogP contribution >= 0.6 is 79.6 Å². The summed E-state index contributed by atoms with van der Waals surface area (Å²) < 4.78 is 10.6. The topological polar surface area (TPSA) is 9.23 Å². The fraction of sp³-hybridized carbons (Fsp3) is 0.455. The van der Waals surface area contributed by atoms with Crippen LogP contribution in [0.4, 0.5) is 0 Å². The van der Waals surface area contributed by atoms with Crippen LogP contribution in [0.25, 0.3) is 0 Å². The number of halogens is 5. The summed E-state index contributed by atoms with van der Waals surface area (Å²) in [5.41, 5.74) is 1.09. The zero-order valence-electron chi connectivity index (χ0n) is 9.29. The second kappa shape index (κ2) is 7.39. The first-order chi connectivity index (χ1) is 7.86. The first-order valence-electron chi connectivity index (χ1n) is 4.94. The summed E-state index contributed by atoms with van der Waals surface area (Å²) in [4.78, 5) is 0. The van der Waals surface area contributed by atoms with E-state index in [-0.39, 0.29) is 0 Å². The van der Waals surface area contributed by atoms with E-state index in [1.807, 2.05) is 0 Å². The number of hydrogen-bond acceptors (Lipinski definition) is 1. The van der Waals surface area contributed by atoms with Gasteiger partial charge in [-0.2, -0.15) is 0 Å². The van der Waals surface area contributed by atoms with E-state index >= 15 is 0 Å². The molecule has 96 valence electrons. The van der Waals surface area contributed by atoms with Gasteiger partial charge in [-0.05, 0) is 85.6 Å². The predicted molar refractivity (Wildman–Crippen MR) is 89.4 cm³/mol. The number of hydrogen-bond donors (Lipinski definition) is 0. The van der Waals surface area contributed by atoms with Crippen molar-refractivity contribution in [1.82, 2.24) is 0 Å². The Morgan fingerprint density at radius 3 is 1.65 bits per heavy atom. The predicted octanol–water partition coefficient (Wildman–Crippen LogP) is 6.67. The van der Waals surface area contributed by atoms with Crippen molar-refractivity contribution in [2.75, 3.05) is 6.61 Å². The third kappa shape index (κ3) is 4.28. The maximum Gasteiger partial charge on any atom is 0.0739 e. The standard InChI is InChI=1S/C11H11Br5O/c1-5(2)3-17-4-6-7(12)9(14)11(16)10(15)8(6)13/h5H,3-4H2,1-2H3. The fourth-order valence-corrected chi connectivity index (χ4v) is 4.53. The van der Waals surface area contributed by atoms with Crippen molar-refractivity contribution in [3.8, 4) is 0 Å². The Kier molecular flexibility index (Phi) is 7.23. The highest BCUT2D eigenvalue weighted by atomic mass is 79.9. The van der Waals surface area contributed by atoms with E-state index in [9.17, 15) is 0 Å². The van der Waals surface area contributed by atoms with Crippen LogP contribution in [-0.2, 0) is 11.3 Å². The molecule has 0 unspecified atom stereocenters. The van der Waals surface area contributed by atoms with Crippen LogP contribution in [0.2, 0.25) is 0 Å². The summed E-state index contributed by atoms with van der Waals surface area (Å²) >= 11 is 17.7. The summed E-state index contributed by atoms with van der Waals surface area (Å²) in [6.07, 6.45) is 0. The summed E-state index contributed by atoms with van der Waals surface area (Å²) in [5, 5.41) is 0. The van der Waals surface area contributed by atoms with E-state index in [4.69, 9.17) is 4.74 Å². The molecule has 0 radical (unpaired) electrons. The maximum atomic E-state index is 5.68. The highest BCUT2D eigenvalue weighted by molar-refractivity contribution is 9.15. The van der Waals surface area contributed by atoms with Gasteiger partial charge in [0.2, 0.25) is 0 Å². The molecule has 0 atom stereocenters. The van der Waals surface area contributed by atoms with Crippen molar-refractivity contribution in [1.29, 1.82) is 0 Å². The Bertz CT molecular complexity index is 388. The fourth-order valence-electron chi connectivity index (χ4n) is 1.17. The third-order valence-electron chi connectivity index (χ3n) is 2.00. The van der Waals surface area contributed by atoms with Crippen molar-refractivity contribution in [3.63, 3.8) is 0 Å². The SMILES string of the molecule is CC(C)COCc1c(Br)c(Br)c(Br)c(Br)c1Br. The quantitative estimate of drug-likeness (QED) is 0.296. The molecule has 17 heavy (non-hydrogen) atoms. The summed E-state index contributed by atoms with van der Waals surface area (Å²) in [6, 6.07) is 0. The van der Waals surface area contributed by atoms with Gasteiger partial charge in [0.1, 0.15) is 0 Å². The molecule has 0 aliphatic heterocycles. The third-order valence-corrected chi connectivity index (χ3v) is 8.26. The summed E-state index contributed by atoms with van der Waals surface area (Å²) in [5.74, 6) is 0.537. The number of ether oxygens (including phenoxy) is 1. The molecule has 1 aromatic carbocycles. The molecule has 0 bridgehead atoms. The van der Waals surface area contributed by atoms with Crippen molar-refractivity contribution in [2.24, 2.45) is 5.92 Å². The molecule has 1 aromatic rings. The smallest absolute Gasteiger partial charge is 0.0739 e. The van der Waals surface area contributed by atoms with Crippen LogP contribution in [0, 0.1) is 5.92 Å². The van der Waals surface area contributed by atoms with Gasteiger partial charge in [0.25, 0.3) is 0 Å². The molecule has 1 nitrogen and oxygen atoms in total. The average molecular weight is 559 g/mol. The lowest BCUT2D eigenvalue weighted by Gasteiger charge is -2.14. The normalized spacial score (nSPS) is 11.3. The van der Waals surface area contributed by atoms with Crippen LogP contribution in [0.5, 0.6) is 0 Å². The molecule has 1 rings (SSSR count). The lowest BCUT2D eigenvalue weighted by Crippen LogP contribution is -2.03. The lowest BCUT2D eigenvalue weighted by molar-refractivity contribution is 0.0962. The van der Waals surface area contributed by atoms with Crippen molar-refractivity contribution in [3.05, 3.63) is 27.9 Å². The zero-order valence-corrected chi connectivity index (χ0v) is 17.2. The second-order valence-corrected chi connectivity index (χ2v) is 7.92. The van der Waals surface area contributed by atoms with Crippen LogP contribution in [0.3, 0.4) is 0 Å². The van der Waals surface area contributed by atoms with Crippen LogP contribution < -0.4 is 0 Å². The van der Waals surface area contributed by atoms with Crippen molar-refractivity contribution < 1.29 is 4.74 Å². The molecule has 0 heterocycles. The Labute approximate surface area is 144 Å². The molecule has 0 fully saturated rings. The molecule has 0 saturated carbocycles. The lowest BCUT2D eigenvalue weighted by atomic mass is 10.2. The number of rotatable bonds is 4. The molecule has 6 heteroatoms. The Hall–Kier alpha value is 1.58. The van der Waals surface area contributed by atoms with Gasteiger partial charge < -0.3 is 4.74 Å². The van der Waals surface area contributed by atoms with Gasteiger partial charge in [0.15, 0.2) is 0 Å². The Morgan fingerprint density at radius 2 is 1.24 bits per heavy atom. The van der Waals surface area contributed by atoms with Gasteiger partial charge in [-0.1, -0.05) is 13.8 Å². The molecule has 0 amide bonds. The van der Waals surface area contributed by atoms with E-state index in [2.05, 4.69) is 93.5 Å².